The summed E-state index contributed by atoms with van der Waals surface area (Å²) in [5.41, 5.74) is 0. The van der Waals surface area contributed by atoms with Crippen LogP contribution in [0, 0.1) is 0 Å². The van der Waals surface area contributed by atoms with Crippen LogP contribution >= 0.6 is 0 Å². The molecular formula is C12H20N4O. The van der Waals surface area contributed by atoms with Gasteiger partial charge in [0.2, 0.25) is 5.89 Å². The van der Waals surface area contributed by atoms with Gasteiger partial charge < -0.3 is 14.7 Å². The predicted molar refractivity (Wildman–Crippen MR) is 64.0 cm³/mol. The van der Waals surface area contributed by atoms with Crippen LogP contribution in [0.5, 0.6) is 0 Å². The van der Waals surface area contributed by atoms with Crippen LogP contribution in [0.15, 0.2) is 4.52 Å². The smallest absolute Gasteiger partial charge is 0.229 e. The van der Waals surface area contributed by atoms with Gasteiger partial charge in [0.15, 0.2) is 5.82 Å². The van der Waals surface area contributed by atoms with Crippen LogP contribution in [0.2, 0.25) is 0 Å². The quantitative estimate of drug-likeness (QED) is 0.828. The second-order valence-electron chi connectivity index (χ2n) is 5.26. The van der Waals surface area contributed by atoms with Gasteiger partial charge in [0.05, 0.1) is 0 Å². The molecule has 94 valence electrons. The third kappa shape index (κ3) is 2.35. The highest BCUT2D eigenvalue weighted by molar-refractivity contribution is 5.03. The molecule has 0 radical (unpaired) electrons. The van der Waals surface area contributed by atoms with E-state index in [4.69, 9.17) is 4.52 Å². The highest BCUT2D eigenvalue weighted by Gasteiger charge is 2.27. The van der Waals surface area contributed by atoms with E-state index in [0.717, 1.165) is 57.2 Å². The van der Waals surface area contributed by atoms with Crippen molar-refractivity contribution >= 4 is 0 Å². The molecule has 0 amide bonds. The average Bonchev–Trinajstić information content (AvgIpc) is 3.00. The number of rotatable bonds is 2. The summed E-state index contributed by atoms with van der Waals surface area (Å²) >= 11 is 0. The molecule has 5 nitrogen and oxygen atoms in total. The maximum atomic E-state index is 5.44. The van der Waals surface area contributed by atoms with Crippen LogP contribution in [0.1, 0.15) is 42.8 Å². The Hall–Kier alpha value is -0.940. The first-order valence-electron chi connectivity index (χ1n) is 6.55. The van der Waals surface area contributed by atoms with E-state index in [1.54, 1.807) is 0 Å². The number of hydrogen-bond acceptors (Lipinski definition) is 5. The van der Waals surface area contributed by atoms with E-state index in [2.05, 4.69) is 27.4 Å². The molecule has 0 aliphatic carbocycles. The summed E-state index contributed by atoms with van der Waals surface area (Å²) in [6, 6.07) is 0. The van der Waals surface area contributed by atoms with Crippen LogP contribution < -0.4 is 5.32 Å². The van der Waals surface area contributed by atoms with E-state index < -0.39 is 0 Å². The normalized spacial score (nSPS) is 27.7. The molecule has 0 spiro atoms. The molecule has 2 fully saturated rings. The van der Waals surface area contributed by atoms with Crippen molar-refractivity contribution in [2.45, 2.75) is 31.1 Å². The van der Waals surface area contributed by atoms with Gasteiger partial charge in [-0.3, -0.25) is 0 Å². The number of nitrogens with one attached hydrogen (secondary N) is 1. The number of piperidine rings is 1. The first-order chi connectivity index (χ1) is 8.33. The Balaban J connectivity index is 1.67. The van der Waals surface area contributed by atoms with Gasteiger partial charge in [-0.1, -0.05) is 5.16 Å². The molecule has 1 N–H and O–H groups in total. The molecule has 0 bridgehead atoms. The number of nitrogens with zero attached hydrogens (tertiary/aromatic N) is 3. The number of aromatic nitrogens is 2. The second kappa shape index (κ2) is 4.74. The number of hydrogen-bond donors (Lipinski definition) is 1. The van der Waals surface area contributed by atoms with E-state index in [-0.39, 0.29) is 0 Å². The zero-order valence-corrected chi connectivity index (χ0v) is 10.4. The van der Waals surface area contributed by atoms with Gasteiger partial charge in [-0.15, -0.1) is 0 Å². The largest absolute Gasteiger partial charge is 0.339 e. The predicted octanol–water partition coefficient (Wildman–Crippen LogP) is 0.956. The molecule has 1 aromatic rings. The zero-order valence-electron chi connectivity index (χ0n) is 10.4. The summed E-state index contributed by atoms with van der Waals surface area (Å²) in [4.78, 5) is 6.96. The van der Waals surface area contributed by atoms with Gasteiger partial charge in [-0.05, 0) is 45.9 Å². The maximum Gasteiger partial charge on any atom is 0.229 e. The third-order valence-corrected chi connectivity index (χ3v) is 3.95. The maximum absolute atomic E-state index is 5.44. The first-order valence-corrected chi connectivity index (χ1v) is 6.55. The van der Waals surface area contributed by atoms with Crippen molar-refractivity contribution in [3.63, 3.8) is 0 Å². The SMILES string of the molecule is CN1CCC(c2nc(C3CCNC3)no2)CC1. The van der Waals surface area contributed by atoms with Crippen molar-refractivity contribution in [3.8, 4) is 0 Å². The molecule has 2 aliphatic rings. The van der Waals surface area contributed by atoms with Crippen molar-refractivity contribution < 1.29 is 4.52 Å². The van der Waals surface area contributed by atoms with Crippen molar-refractivity contribution in [2.75, 3.05) is 33.2 Å². The molecule has 1 unspecified atom stereocenters. The molecule has 3 heterocycles. The highest BCUT2D eigenvalue weighted by Crippen LogP contribution is 2.28. The molecular weight excluding hydrogens is 216 g/mol. The Morgan fingerprint density at radius 3 is 2.76 bits per heavy atom. The Morgan fingerprint density at radius 2 is 2.06 bits per heavy atom. The van der Waals surface area contributed by atoms with Crippen molar-refractivity contribution in [1.82, 2.24) is 20.4 Å². The lowest BCUT2D eigenvalue weighted by molar-refractivity contribution is 0.227. The standard InChI is InChI=1S/C12H20N4O/c1-16-6-3-9(4-7-16)12-14-11(15-17-12)10-2-5-13-8-10/h9-10,13H,2-8H2,1H3. The second-order valence-corrected chi connectivity index (χ2v) is 5.26. The summed E-state index contributed by atoms with van der Waals surface area (Å²) in [6.45, 7) is 4.33. The van der Waals surface area contributed by atoms with Crippen LogP contribution in [0.25, 0.3) is 0 Å². The van der Waals surface area contributed by atoms with E-state index in [1.807, 2.05) is 0 Å². The first kappa shape index (κ1) is 11.2. The van der Waals surface area contributed by atoms with Crippen molar-refractivity contribution in [2.24, 2.45) is 0 Å². The monoisotopic (exact) mass is 236 g/mol. The average molecular weight is 236 g/mol. The van der Waals surface area contributed by atoms with Gasteiger partial charge in [0.25, 0.3) is 0 Å². The van der Waals surface area contributed by atoms with Crippen molar-refractivity contribution in [1.29, 1.82) is 0 Å². The van der Waals surface area contributed by atoms with Crippen LogP contribution in [0.3, 0.4) is 0 Å². The molecule has 5 heteroatoms. The van der Waals surface area contributed by atoms with Crippen LogP contribution in [-0.4, -0.2) is 48.3 Å². The van der Waals surface area contributed by atoms with E-state index in [1.165, 1.54) is 0 Å². The lowest BCUT2D eigenvalue weighted by Crippen LogP contribution is -2.29. The molecule has 1 aromatic heterocycles. The minimum absolute atomic E-state index is 0.457. The molecule has 3 rings (SSSR count). The van der Waals surface area contributed by atoms with Crippen LogP contribution in [-0.2, 0) is 0 Å². The number of likely N-dealkylation sites (tertiary alicyclic amines) is 1. The van der Waals surface area contributed by atoms with Gasteiger partial charge in [-0.25, -0.2) is 0 Å². The summed E-state index contributed by atoms with van der Waals surface area (Å²) in [5, 5.41) is 7.49. The van der Waals surface area contributed by atoms with Gasteiger partial charge in [-0.2, -0.15) is 4.98 Å². The van der Waals surface area contributed by atoms with Gasteiger partial charge >= 0.3 is 0 Å². The molecule has 1 atom stereocenters. The van der Waals surface area contributed by atoms with Crippen molar-refractivity contribution in [3.05, 3.63) is 11.7 Å². The molecule has 0 saturated carbocycles. The summed E-state index contributed by atoms with van der Waals surface area (Å²) in [7, 11) is 2.17. The zero-order chi connectivity index (χ0) is 11.7. The molecule has 0 aromatic carbocycles. The topological polar surface area (TPSA) is 54.2 Å². The minimum Gasteiger partial charge on any atom is -0.339 e. The molecule has 2 aliphatic heterocycles. The molecule has 17 heavy (non-hydrogen) atoms. The van der Waals surface area contributed by atoms with Gasteiger partial charge in [0.1, 0.15) is 0 Å². The fraction of sp³-hybridized carbons (Fsp3) is 0.833. The summed E-state index contributed by atoms with van der Waals surface area (Å²) in [6.07, 6.45) is 3.41. The third-order valence-electron chi connectivity index (χ3n) is 3.95. The van der Waals surface area contributed by atoms with Gasteiger partial charge in [0, 0.05) is 18.4 Å². The van der Waals surface area contributed by atoms with Crippen LogP contribution in [0.4, 0.5) is 0 Å². The molecule has 2 saturated heterocycles. The fourth-order valence-corrected chi connectivity index (χ4v) is 2.71. The summed E-state index contributed by atoms with van der Waals surface area (Å²) in [5.74, 6) is 2.70. The van der Waals surface area contributed by atoms with E-state index in [9.17, 15) is 0 Å². The summed E-state index contributed by atoms with van der Waals surface area (Å²) < 4.78 is 5.44. The lowest BCUT2D eigenvalue weighted by Gasteiger charge is -2.26. The lowest BCUT2D eigenvalue weighted by atomic mass is 9.97. The van der Waals surface area contributed by atoms with E-state index >= 15 is 0 Å². The Kier molecular flexibility index (Phi) is 3.11. The van der Waals surface area contributed by atoms with E-state index in [0.29, 0.717) is 11.8 Å². The Labute approximate surface area is 102 Å². The highest BCUT2D eigenvalue weighted by atomic mass is 16.5. The Bertz CT molecular complexity index is 364. The fourth-order valence-electron chi connectivity index (χ4n) is 2.71. The Morgan fingerprint density at radius 1 is 1.24 bits per heavy atom. The minimum atomic E-state index is 0.457.